The molecule has 0 unspecified atom stereocenters. The first kappa shape index (κ1) is 17.2. The van der Waals surface area contributed by atoms with Crippen LogP contribution in [0.3, 0.4) is 0 Å². The number of nitriles is 1. The molecule has 24 heavy (non-hydrogen) atoms. The van der Waals surface area contributed by atoms with E-state index in [1.165, 1.54) is 4.57 Å². The van der Waals surface area contributed by atoms with Gasteiger partial charge in [-0.15, -0.1) is 0 Å². The number of carbonyl (C=O) groups is 2. The number of amides is 1. The lowest BCUT2D eigenvalue weighted by molar-refractivity contribution is -0.118. The van der Waals surface area contributed by atoms with Crippen LogP contribution in [0.1, 0.15) is 35.7 Å². The van der Waals surface area contributed by atoms with E-state index in [0.29, 0.717) is 17.4 Å². The van der Waals surface area contributed by atoms with Crippen molar-refractivity contribution in [1.82, 2.24) is 4.57 Å². The molecule has 1 aromatic carbocycles. The Bertz CT molecular complexity index is 908. The molecule has 1 aromatic heterocycles. The number of fused-ring (bicyclic) bond motifs is 1. The van der Waals surface area contributed by atoms with Crippen molar-refractivity contribution in [3.63, 3.8) is 0 Å². The molecule has 2 N–H and O–H groups in total. The number of nitrogens with two attached hydrogens (primary N) is 1. The molecular weight excluding hydrogens is 310 g/mol. The van der Waals surface area contributed by atoms with Crippen LogP contribution >= 0.6 is 0 Å². The van der Waals surface area contributed by atoms with Crippen molar-refractivity contribution in [1.29, 1.82) is 5.26 Å². The first-order valence-electron chi connectivity index (χ1n) is 7.49. The third-order valence-electron chi connectivity index (χ3n) is 3.71. The van der Waals surface area contributed by atoms with Crippen LogP contribution < -0.4 is 11.3 Å². The minimum absolute atomic E-state index is 0.00810. The highest BCUT2D eigenvalue weighted by Gasteiger charge is 2.30. The lowest BCUT2D eigenvalue weighted by atomic mass is 9.91. The predicted octanol–water partition coefficient (Wildman–Crippen LogP) is 1.29. The monoisotopic (exact) mass is 327 g/mol. The molecule has 0 aliphatic heterocycles. The highest BCUT2D eigenvalue weighted by Crippen LogP contribution is 2.28. The van der Waals surface area contributed by atoms with Gasteiger partial charge in [0, 0.05) is 17.5 Å². The molecule has 0 radical (unpaired) electrons. The summed E-state index contributed by atoms with van der Waals surface area (Å²) < 4.78 is 6.36. The van der Waals surface area contributed by atoms with Crippen molar-refractivity contribution in [2.45, 2.75) is 26.3 Å². The number of hydrogen-bond donors (Lipinski definition) is 1. The number of rotatable bonds is 5. The molecule has 1 amide bonds. The fraction of sp³-hybridized carbons (Fsp3) is 0.294. The van der Waals surface area contributed by atoms with E-state index in [9.17, 15) is 19.6 Å². The van der Waals surface area contributed by atoms with Crippen molar-refractivity contribution >= 4 is 22.8 Å². The number of ether oxygens (including phenoxy) is 1. The summed E-state index contributed by atoms with van der Waals surface area (Å²) >= 11 is 0. The van der Waals surface area contributed by atoms with Crippen molar-refractivity contribution in [2.24, 2.45) is 5.73 Å². The quantitative estimate of drug-likeness (QED) is 0.831. The van der Waals surface area contributed by atoms with Crippen LogP contribution in [0.4, 0.5) is 0 Å². The van der Waals surface area contributed by atoms with E-state index < -0.39 is 23.4 Å². The van der Waals surface area contributed by atoms with Gasteiger partial charge in [0.25, 0.3) is 5.56 Å². The minimum atomic E-state index is -1.42. The lowest BCUT2D eigenvalue weighted by Gasteiger charge is -2.17. The van der Waals surface area contributed by atoms with Gasteiger partial charge in [0.1, 0.15) is 5.56 Å². The first-order chi connectivity index (χ1) is 11.5. The number of nitrogens with zero attached hydrogens (tertiary/aromatic N) is 2. The Morgan fingerprint density at radius 1 is 1.33 bits per heavy atom. The minimum Gasteiger partial charge on any atom is -0.462 e. The summed E-state index contributed by atoms with van der Waals surface area (Å²) in [4.78, 5) is 36.9. The average Bonchev–Trinajstić information content (AvgIpc) is 2.55. The normalized spacial score (nSPS) is 11.7. The van der Waals surface area contributed by atoms with Crippen LogP contribution in [0.2, 0.25) is 0 Å². The second-order valence-electron chi connectivity index (χ2n) is 5.04. The number of hydrogen-bond acceptors (Lipinski definition) is 5. The summed E-state index contributed by atoms with van der Waals surface area (Å²) in [6.45, 7) is 3.75. The number of aryl methyl sites for hydroxylation is 1. The molecule has 2 rings (SSSR count). The zero-order valence-electron chi connectivity index (χ0n) is 13.4. The molecule has 0 bridgehead atoms. The number of pyridine rings is 1. The van der Waals surface area contributed by atoms with Gasteiger partial charge in [-0.3, -0.25) is 9.59 Å². The van der Waals surface area contributed by atoms with E-state index in [4.69, 9.17) is 10.5 Å². The molecule has 7 nitrogen and oxygen atoms in total. The van der Waals surface area contributed by atoms with Crippen molar-refractivity contribution in [2.75, 3.05) is 6.61 Å². The van der Waals surface area contributed by atoms with Gasteiger partial charge in [0.2, 0.25) is 5.91 Å². The molecule has 124 valence electrons. The highest BCUT2D eigenvalue weighted by atomic mass is 16.5. The molecule has 1 atom stereocenters. The second kappa shape index (κ2) is 6.96. The maximum Gasteiger partial charge on any atom is 0.344 e. The van der Waals surface area contributed by atoms with Crippen molar-refractivity contribution < 1.29 is 14.3 Å². The fourth-order valence-electron chi connectivity index (χ4n) is 2.72. The van der Waals surface area contributed by atoms with Gasteiger partial charge in [-0.1, -0.05) is 18.2 Å². The average molecular weight is 327 g/mol. The molecule has 7 heteroatoms. The first-order valence-corrected chi connectivity index (χ1v) is 7.49. The fourth-order valence-corrected chi connectivity index (χ4v) is 2.72. The van der Waals surface area contributed by atoms with E-state index in [1.54, 1.807) is 44.2 Å². The van der Waals surface area contributed by atoms with Crippen LogP contribution in [0.5, 0.6) is 0 Å². The topological polar surface area (TPSA) is 115 Å². The Kier molecular flexibility index (Phi) is 4.99. The zero-order valence-corrected chi connectivity index (χ0v) is 13.4. The maximum atomic E-state index is 12.8. The molecule has 0 saturated carbocycles. The molecule has 0 saturated heterocycles. The van der Waals surface area contributed by atoms with Crippen LogP contribution in [-0.4, -0.2) is 23.1 Å². The Labute approximate surface area is 138 Å². The van der Waals surface area contributed by atoms with Gasteiger partial charge in [0.05, 0.1) is 18.2 Å². The number of carbonyl (C=O) groups excluding carboxylic acids is 2. The molecule has 0 fully saturated rings. The molecule has 1 heterocycles. The molecular formula is C17H17N3O4. The van der Waals surface area contributed by atoms with Gasteiger partial charge < -0.3 is 15.0 Å². The van der Waals surface area contributed by atoms with E-state index in [-0.39, 0.29) is 17.7 Å². The maximum absolute atomic E-state index is 12.8. The Morgan fingerprint density at radius 3 is 2.54 bits per heavy atom. The van der Waals surface area contributed by atoms with Gasteiger partial charge in [-0.05, 0) is 19.9 Å². The third kappa shape index (κ3) is 2.74. The molecule has 0 aliphatic carbocycles. The SMILES string of the molecule is CCOC(=O)c1c([C@H](C#N)C(N)=O)c2ccccc2n(CC)c1=O. The van der Waals surface area contributed by atoms with Crippen LogP contribution in [0, 0.1) is 11.3 Å². The highest BCUT2D eigenvalue weighted by molar-refractivity contribution is 6.02. The Balaban J connectivity index is 3.03. The van der Waals surface area contributed by atoms with Gasteiger partial charge >= 0.3 is 5.97 Å². The van der Waals surface area contributed by atoms with E-state index >= 15 is 0 Å². The van der Waals surface area contributed by atoms with Crippen LogP contribution in [0.15, 0.2) is 29.1 Å². The van der Waals surface area contributed by atoms with Gasteiger partial charge in [-0.2, -0.15) is 5.26 Å². The van der Waals surface area contributed by atoms with E-state index in [0.717, 1.165) is 0 Å². The second-order valence-corrected chi connectivity index (χ2v) is 5.04. The summed E-state index contributed by atoms with van der Waals surface area (Å²) in [5.41, 5.74) is 4.92. The Hall–Kier alpha value is -3.14. The number of para-hydroxylation sites is 1. The Morgan fingerprint density at radius 2 is 2.00 bits per heavy atom. The summed E-state index contributed by atoms with van der Waals surface area (Å²) in [5, 5.41) is 9.80. The molecule has 0 aliphatic rings. The van der Waals surface area contributed by atoms with Crippen LogP contribution in [-0.2, 0) is 16.1 Å². The van der Waals surface area contributed by atoms with E-state index in [2.05, 4.69) is 0 Å². The molecule has 0 spiro atoms. The number of aromatic nitrogens is 1. The van der Waals surface area contributed by atoms with Gasteiger partial charge in [0.15, 0.2) is 5.92 Å². The number of benzene rings is 1. The smallest absolute Gasteiger partial charge is 0.344 e. The summed E-state index contributed by atoms with van der Waals surface area (Å²) in [7, 11) is 0. The summed E-state index contributed by atoms with van der Waals surface area (Å²) in [6.07, 6.45) is 0. The van der Waals surface area contributed by atoms with E-state index in [1.807, 2.05) is 0 Å². The zero-order chi connectivity index (χ0) is 17.9. The third-order valence-corrected chi connectivity index (χ3v) is 3.71. The largest absolute Gasteiger partial charge is 0.462 e. The van der Waals surface area contributed by atoms with Crippen molar-refractivity contribution in [3.8, 4) is 6.07 Å². The standard InChI is InChI=1S/C17H17N3O4/c1-3-20-12-8-6-5-7-10(12)13(11(9-18)15(19)21)14(16(20)22)17(23)24-4-2/h5-8,11H,3-4H2,1-2H3,(H2,19,21)/t11-/m0/s1. The van der Waals surface area contributed by atoms with Crippen molar-refractivity contribution in [3.05, 3.63) is 45.7 Å². The molecule has 2 aromatic rings. The van der Waals surface area contributed by atoms with Gasteiger partial charge in [-0.25, -0.2) is 4.79 Å². The number of esters is 1. The lowest BCUT2D eigenvalue weighted by Crippen LogP contribution is -2.32. The van der Waals surface area contributed by atoms with Crippen LogP contribution in [0.25, 0.3) is 10.9 Å². The predicted molar refractivity (Wildman–Crippen MR) is 87.4 cm³/mol. The summed E-state index contributed by atoms with van der Waals surface area (Å²) in [5.74, 6) is -3.22. The summed E-state index contributed by atoms with van der Waals surface area (Å²) in [6, 6.07) is 8.54. The number of primary amides is 1.